The van der Waals surface area contributed by atoms with Crippen LogP contribution in [0.2, 0.25) is 0 Å². The molecule has 0 saturated heterocycles. The monoisotopic (exact) mass is 274 g/mol. The third-order valence-corrected chi connectivity index (χ3v) is 4.68. The molecule has 1 unspecified atom stereocenters. The second-order valence-corrected chi connectivity index (χ2v) is 5.90. The minimum atomic E-state index is -0.865. The van der Waals surface area contributed by atoms with Gasteiger partial charge in [-0.25, -0.2) is 0 Å². The van der Waals surface area contributed by atoms with Gasteiger partial charge >= 0.3 is 0 Å². The van der Waals surface area contributed by atoms with E-state index in [4.69, 9.17) is 0 Å². The molecule has 3 aromatic rings. The Balaban J connectivity index is 2.01. The fourth-order valence-electron chi connectivity index (χ4n) is 3.68. The molecular formula is C20H18O. The van der Waals surface area contributed by atoms with Crippen molar-refractivity contribution in [3.63, 3.8) is 0 Å². The van der Waals surface area contributed by atoms with E-state index in [1.54, 1.807) is 0 Å². The van der Waals surface area contributed by atoms with Crippen LogP contribution in [0.15, 0.2) is 66.7 Å². The molecule has 0 aromatic heterocycles. The van der Waals surface area contributed by atoms with Crippen molar-refractivity contribution in [2.24, 2.45) is 0 Å². The minimum absolute atomic E-state index is 0.790. The average Bonchev–Trinajstić information content (AvgIpc) is 2.55. The van der Waals surface area contributed by atoms with Crippen LogP contribution in [-0.4, -0.2) is 5.11 Å². The molecule has 1 heteroatoms. The highest BCUT2D eigenvalue weighted by Crippen LogP contribution is 2.42. The largest absolute Gasteiger partial charge is 0.380 e. The summed E-state index contributed by atoms with van der Waals surface area (Å²) in [5.74, 6) is 0. The van der Waals surface area contributed by atoms with Gasteiger partial charge in [0.05, 0.1) is 0 Å². The van der Waals surface area contributed by atoms with Gasteiger partial charge in [-0.1, -0.05) is 66.7 Å². The first kappa shape index (κ1) is 12.6. The first-order valence-corrected chi connectivity index (χ1v) is 7.58. The Bertz CT molecular complexity index is 800. The van der Waals surface area contributed by atoms with Crippen molar-refractivity contribution in [1.29, 1.82) is 0 Å². The van der Waals surface area contributed by atoms with Crippen molar-refractivity contribution in [3.8, 4) is 0 Å². The Hall–Kier alpha value is -2.12. The van der Waals surface area contributed by atoms with Gasteiger partial charge < -0.3 is 5.11 Å². The van der Waals surface area contributed by atoms with Crippen molar-refractivity contribution >= 4 is 10.8 Å². The lowest BCUT2D eigenvalue weighted by molar-refractivity contribution is 0.0631. The van der Waals surface area contributed by atoms with Crippen LogP contribution in [0.5, 0.6) is 0 Å². The van der Waals surface area contributed by atoms with Gasteiger partial charge in [-0.05, 0) is 46.7 Å². The minimum Gasteiger partial charge on any atom is -0.380 e. The van der Waals surface area contributed by atoms with Crippen LogP contribution < -0.4 is 0 Å². The van der Waals surface area contributed by atoms with Crippen molar-refractivity contribution in [2.75, 3.05) is 0 Å². The van der Waals surface area contributed by atoms with Gasteiger partial charge in [-0.15, -0.1) is 0 Å². The standard InChI is InChI=1S/C20H18O/c21-20(14-6-10-16-8-2-4-12-18(16)20)19-13-5-9-15-7-1-3-11-17(15)19/h1-5,7-9,11-13,21H,6,10,14H2. The van der Waals surface area contributed by atoms with Crippen molar-refractivity contribution in [3.05, 3.63) is 83.4 Å². The second-order valence-electron chi connectivity index (χ2n) is 5.90. The predicted octanol–water partition coefficient (Wildman–Crippen LogP) is 4.41. The van der Waals surface area contributed by atoms with Gasteiger partial charge in [-0.2, -0.15) is 0 Å². The Morgan fingerprint density at radius 3 is 2.43 bits per heavy atom. The maximum Gasteiger partial charge on any atom is 0.115 e. The number of hydrogen-bond donors (Lipinski definition) is 1. The molecule has 0 saturated carbocycles. The third kappa shape index (κ3) is 1.89. The van der Waals surface area contributed by atoms with Crippen LogP contribution in [0.1, 0.15) is 29.5 Å². The Labute approximate surface area is 124 Å². The lowest BCUT2D eigenvalue weighted by Gasteiger charge is -2.35. The summed E-state index contributed by atoms with van der Waals surface area (Å²) < 4.78 is 0. The van der Waals surface area contributed by atoms with E-state index in [-0.39, 0.29) is 0 Å². The summed E-state index contributed by atoms with van der Waals surface area (Å²) in [6, 6.07) is 22.9. The summed E-state index contributed by atoms with van der Waals surface area (Å²) in [6.45, 7) is 0. The highest BCUT2D eigenvalue weighted by atomic mass is 16.3. The molecule has 1 aliphatic carbocycles. The van der Waals surface area contributed by atoms with E-state index in [1.165, 1.54) is 10.9 Å². The van der Waals surface area contributed by atoms with Gasteiger partial charge in [0.2, 0.25) is 0 Å². The van der Waals surface area contributed by atoms with E-state index in [1.807, 2.05) is 24.3 Å². The zero-order valence-corrected chi connectivity index (χ0v) is 11.9. The number of benzene rings is 3. The topological polar surface area (TPSA) is 20.2 Å². The van der Waals surface area contributed by atoms with Crippen molar-refractivity contribution < 1.29 is 5.11 Å². The molecule has 1 aliphatic rings. The number of fused-ring (bicyclic) bond motifs is 2. The van der Waals surface area contributed by atoms with Crippen molar-refractivity contribution in [2.45, 2.75) is 24.9 Å². The zero-order chi connectivity index (χ0) is 14.3. The van der Waals surface area contributed by atoms with Gasteiger partial charge in [0.25, 0.3) is 0 Å². The molecular weight excluding hydrogens is 256 g/mol. The quantitative estimate of drug-likeness (QED) is 0.697. The molecule has 21 heavy (non-hydrogen) atoms. The summed E-state index contributed by atoms with van der Waals surface area (Å²) in [5, 5.41) is 13.8. The predicted molar refractivity (Wildman–Crippen MR) is 86.3 cm³/mol. The molecule has 104 valence electrons. The fourth-order valence-corrected chi connectivity index (χ4v) is 3.68. The molecule has 0 amide bonds. The number of hydrogen-bond acceptors (Lipinski definition) is 1. The van der Waals surface area contributed by atoms with E-state index < -0.39 is 5.60 Å². The number of aryl methyl sites for hydroxylation is 1. The van der Waals surface area contributed by atoms with Gasteiger partial charge in [0.1, 0.15) is 5.60 Å². The summed E-state index contributed by atoms with van der Waals surface area (Å²) in [4.78, 5) is 0. The molecule has 0 radical (unpaired) electrons. The van der Waals surface area contributed by atoms with Gasteiger partial charge in [0, 0.05) is 0 Å². The van der Waals surface area contributed by atoms with Crippen molar-refractivity contribution in [1.82, 2.24) is 0 Å². The Morgan fingerprint density at radius 1 is 0.762 bits per heavy atom. The smallest absolute Gasteiger partial charge is 0.115 e. The van der Waals surface area contributed by atoms with E-state index in [9.17, 15) is 5.11 Å². The molecule has 0 heterocycles. The normalized spacial score (nSPS) is 21.2. The zero-order valence-electron chi connectivity index (χ0n) is 11.9. The summed E-state index contributed by atoms with van der Waals surface area (Å²) in [6.07, 6.45) is 2.87. The Kier molecular flexibility index (Phi) is 2.83. The molecule has 1 atom stereocenters. The van der Waals surface area contributed by atoms with Gasteiger partial charge in [0.15, 0.2) is 0 Å². The molecule has 4 rings (SSSR count). The first-order chi connectivity index (χ1) is 10.3. The molecule has 3 aromatic carbocycles. The van der Waals surface area contributed by atoms with E-state index in [0.29, 0.717) is 0 Å². The summed E-state index contributed by atoms with van der Waals surface area (Å²) in [5.41, 5.74) is 2.52. The number of rotatable bonds is 1. The van der Waals surface area contributed by atoms with Crippen LogP contribution in [0.25, 0.3) is 10.8 Å². The van der Waals surface area contributed by atoms with Crippen LogP contribution in [0, 0.1) is 0 Å². The fraction of sp³-hybridized carbons (Fsp3) is 0.200. The maximum atomic E-state index is 11.5. The third-order valence-electron chi connectivity index (χ3n) is 4.68. The average molecular weight is 274 g/mol. The van der Waals surface area contributed by atoms with Crippen LogP contribution in [0.3, 0.4) is 0 Å². The SMILES string of the molecule is OC1(c2cccc3ccccc23)CCCc2ccccc21. The Morgan fingerprint density at radius 2 is 1.48 bits per heavy atom. The molecule has 0 fully saturated rings. The molecule has 1 N–H and O–H groups in total. The molecule has 0 aliphatic heterocycles. The van der Waals surface area contributed by atoms with Crippen LogP contribution in [-0.2, 0) is 12.0 Å². The van der Waals surface area contributed by atoms with Crippen LogP contribution >= 0.6 is 0 Å². The van der Waals surface area contributed by atoms with E-state index >= 15 is 0 Å². The highest BCUT2D eigenvalue weighted by Gasteiger charge is 2.36. The molecule has 0 bridgehead atoms. The van der Waals surface area contributed by atoms with Gasteiger partial charge in [-0.3, -0.25) is 0 Å². The maximum absolute atomic E-state index is 11.5. The molecule has 0 spiro atoms. The summed E-state index contributed by atoms with van der Waals surface area (Å²) >= 11 is 0. The van der Waals surface area contributed by atoms with E-state index in [0.717, 1.165) is 35.8 Å². The second kappa shape index (κ2) is 4.71. The van der Waals surface area contributed by atoms with E-state index in [2.05, 4.69) is 42.5 Å². The molecule has 1 nitrogen and oxygen atoms in total. The lowest BCUT2D eigenvalue weighted by atomic mass is 9.74. The lowest BCUT2D eigenvalue weighted by Crippen LogP contribution is -2.32. The van der Waals surface area contributed by atoms with Crippen LogP contribution in [0.4, 0.5) is 0 Å². The first-order valence-electron chi connectivity index (χ1n) is 7.58. The highest BCUT2D eigenvalue weighted by molar-refractivity contribution is 5.87. The number of aliphatic hydroxyl groups is 1. The summed E-state index contributed by atoms with van der Waals surface area (Å²) in [7, 11) is 0.